The Bertz CT molecular complexity index is 276. The summed E-state index contributed by atoms with van der Waals surface area (Å²) in [5, 5.41) is 0. The third-order valence-corrected chi connectivity index (χ3v) is 3.33. The number of hydrogen-bond acceptors (Lipinski definition) is 2. The van der Waals surface area contributed by atoms with Crippen molar-refractivity contribution in [3.63, 3.8) is 0 Å². The van der Waals surface area contributed by atoms with Crippen molar-refractivity contribution in [2.75, 3.05) is 0 Å². The van der Waals surface area contributed by atoms with E-state index in [2.05, 4.69) is 19.9 Å². The predicted octanol–water partition coefficient (Wildman–Crippen LogP) is 3.32. The van der Waals surface area contributed by atoms with Gasteiger partial charge in [-0.05, 0) is 39.5 Å². The quantitative estimate of drug-likeness (QED) is 0.516. The average Bonchev–Trinajstić information content (AvgIpc) is 1.99. The maximum absolute atomic E-state index is 11.0. The zero-order valence-electron chi connectivity index (χ0n) is 10.5. The molecule has 86 valence electrons. The molecule has 2 nitrogen and oxygen atoms in total. The van der Waals surface area contributed by atoms with Crippen LogP contribution in [0.3, 0.4) is 0 Å². The van der Waals surface area contributed by atoms with Gasteiger partial charge in [0.05, 0.1) is 0 Å². The minimum absolute atomic E-state index is 0.182. The Morgan fingerprint density at radius 2 is 2.13 bits per heavy atom. The fourth-order valence-electron chi connectivity index (χ4n) is 2.72. The Balaban J connectivity index is 2.75. The Morgan fingerprint density at radius 3 is 2.60 bits per heavy atom. The Morgan fingerprint density at radius 1 is 1.53 bits per heavy atom. The summed E-state index contributed by atoms with van der Waals surface area (Å²) in [4.78, 5) is 11.0. The maximum atomic E-state index is 11.0. The van der Waals surface area contributed by atoms with Crippen molar-refractivity contribution in [2.24, 2.45) is 11.8 Å². The van der Waals surface area contributed by atoms with Gasteiger partial charge in [0.1, 0.15) is 5.60 Å². The van der Waals surface area contributed by atoms with E-state index in [1.54, 1.807) is 0 Å². The Kier molecular flexibility index (Phi) is 3.58. The summed E-state index contributed by atoms with van der Waals surface area (Å²) in [6.07, 6.45) is 4.54. The number of rotatable bonds is 2. The van der Waals surface area contributed by atoms with Crippen LogP contribution in [-0.4, -0.2) is 11.6 Å². The second-order valence-corrected chi connectivity index (χ2v) is 5.21. The van der Waals surface area contributed by atoms with Gasteiger partial charge in [0.2, 0.25) is 0 Å². The van der Waals surface area contributed by atoms with Crippen LogP contribution >= 0.6 is 0 Å². The van der Waals surface area contributed by atoms with Gasteiger partial charge >= 0.3 is 5.97 Å². The van der Waals surface area contributed by atoms with E-state index < -0.39 is 0 Å². The second kappa shape index (κ2) is 4.38. The molecular weight excluding hydrogens is 188 g/mol. The first-order valence-corrected chi connectivity index (χ1v) is 5.70. The van der Waals surface area contributed by atoms with Crippen molar-refractivity contribution in [1.29, 1.82) is 0 Å². The highest BCUT2D eigenvalue weighted by Gasteiger charge is 2.36. The largest absolute Gasteiger partial charge is 0.460 e. The van der Waals surface area contributed by atoms with E-state index in [1.165, 1.54) is 12.5 Å². The van der Waals surface area contributed by atoms with E-state index in [4.69, 9.17) is 4.74 Å². The van der Waals surface area contributed by atoms with Gasteiger partial charge in [-0.2, -0.15) is 0 Å². The van der Waals surface area contributed by atoms with Gasteiger partial charge in [-0.3, -0.25) is 4.79 Å². The van der Waals surface area contributed by atoms with Crippen LogP contribution in [0.2, 0.25) is 0 Å². The zero-order chi connectivity index (χ0) is 11.6. The summed E-state index contributed by atoms with van der Waals surface area (Å²) in [5.74, 6) is 0.747. The lowest BCUT2D eigenvalue weighted by Gasteiger charge is -2.39. The second-order valence-electron chi connectivity index (χ2n) is 5.21. The molecule has 0 spiro atoms. The fourth-order valence-corrected chi connectivity index (χ4v) is 2.72. The molecule has 0 N–H and O–H groups in total. The van der Waals surface area contributed by atoms with Crippen molar-refractivity contribution in [1.82, 2.24) is 0 Å². The first-order chi connectivity index (χ1) is 6.83. The van der Waals surface area contributed by atoms with Gasteiger partial charge in [0.25, 0.3) is 0 Å². The normalized spacial score (nSPS) is 27.1. The summed E-state index contributed by atoms with van der Waals surface area (Å²) >= 11 is 0. The molecule has 1 aliphatic rings. The molecule has 0 aromatic heterocycles. The predicted molar refractivity (Wildman–Crippen MR) is 61.5 cm³/mol. The highest BCUT2D eigenvalue weighted by Crippen LogP contribution is 2.37. The molecule has 1 rings (SSSR count). The molecule has 2 unspecified atom stereocenters. The topological polar surface area (TPSA) is 26.3 Å². The third-order valence-electron chi connectivity index (χ3n) is 3.33. The zero-order valence-corrected chi connectivity index (χ0v) is 10.5. The molecule has 0 aromatic carbocycles. The number of allylic oxidation sites excluding steroid dienone is 2. The lowest BCUT2D eigenvalue weighted by Crippen LogP contribution is -2.40. The van der Waals surface area contributed by atoms with Crippen LogP contribution in [0.4, 0.5) is 0 Å². The minimum atomic E-state index is -0.345. The molecule has 0 saturated heterocycles. The Hall–Kier alpha value is -0.790. The summed E-state index contributed by atoms with van der Waals surface area (Å²) in [5.41, 5.74) is 1.11. The van der Waals surface area contributed by atoms with Gasteiger partial charge < -0.3 is 4.74 Å². The first kappa shape index (κ1) is 12.3. The van der Waals surface area contributed by atoms with Crippen molar-refractivity contribution >= 4 is 5.97 Å². The van der Waals surface area contributed by atoms with Crippen LogP contribution in [0.15, 0.2) is 11.6 Å². The average molecular weight is 210 g/mol. The molecule has 0 radical (unpaired) electrons. The third kappa shape index (κ3) is 3.08. The van der Waals surface area contributed by atoms with E-state index in [0.717, 1.165) is 12.8 Å². The number of esters is 1. The highest BCUT2D eigenvalue weighted by atomic mass is 16.6. The summed E-state index contributed by atoms with van der Waals surface area (Å²) in [6, 6.07) is 0. The molecule has 0 heterocycles. The molecule has 0 bridgehead atoms. The highest BCUT2D eigenvalue weighted by molar-refractivity contribution is 5.66. The smallest absolute Gasteiger partial charge is 0.303 e. The van der Waals surface area contributed by atoms with Gasteiger partial charge in [0.15, 0.2) is 0 Å². The molecule has 0 aromatic rings. The van der Waals surface area contributed by atoms with Crippen LogP contribution in [0.25, 0.3) is 0 Å². The van der Waals surface area contributed by atoms with Crippen LogP contribution < -0.4 is 0 Å². The number of hydrogen-bond donors (Lipinski definition) is 0. The van der Waals surface area contributed by atoms with E-state index in [0.29, 0.717) is 11.8 Å². The lowest BCUT2D eigenvalue weighted by molar-refractivity contribution is -0.160. The van der Waals surface area contributed by atoms with E-state index in [-0.39, 0.29) is 11.6 Å². The molecule has 2 heteroatoms. The number of carbonyl (C=O) groups is 1. The lowest BCUT2D eigenvalue weighted by atomic mass is 9.73. The SMILES string of the molecule is CC(=O)OC(C)(C)C1CCC(C)=CC1C. The molecule has 0 saturated carbocycles. The molecule has 2 atom stereocenters. The minimum Gasteiger partial charge on any atom is -0.460 e. The van der Waals surface area contributed by atoms with Crippen molar-refractivity contribution in [3.8, 4) is 0 Å². The maximum Gasteiger partial charge on any atom is 0.303 e. The van der Waals surface area contributed by atoms with E-state index in [1.807, 2.05) is 13.8 Å². The monoisotopic (exact) mass is 210 g/mol. The molecule has 0 aliphatic heterocycles. The van der Waals surface area contributed by atoms with Gasteiger partial charge in [-0.1, -0.05) is 18.6 Å². The van der Waals surface area contributed by atoms with Crippen LogP contribution in [0.5, 0.6) is 0 Å². The van der Waals surface area contributed by atoms with Crippen LogP contribution in [0.1, 0.15) is 47.5 Å². The summed E-state index contributed by atoms with van der Waals surface area (Å²) < 4.78 is 5.41. The van der Waals surface area contributed by atoms with E-state index >= 15 is 0 Å². The van der Waals surface area contributed by atoms with Crippen LogP contribution in [-0.2, 0) is 9.53 Å². The summed E-state index contributed by atoms with van der Waals surface area (Å²) in [7, 11) is 0. The Labute approximate surface area is 92.7 Å². The molecule has 15 heavy (non-hydrogen) atoms. The van der Waals surface area contributed by atoms with E-state index in [9.17, 15) is 4.79 Å². The van der Waals surface area contributed by atoms with Crippen LogP contribution in [0, 0.1) is 11.8 Å². The number of carbonyl (C=O) groups excluding carboxylic acids is 1. The fraction of sp³-hybridized carbons (Fsp3) is 0.769. The standard InChI is InChI=1S/C13H22O2/c1-9-6-7-12(10(2)8-9)13(4,5)15-11(3)14/h8,10,12H,6-7H2,1-5H3. The van der Waals surface area contributed by atoms with Crippen molar-refractivity contribution in [2.45, 2.75) is 53.1 Å². The van der Waals surface area contributed by atoms with Crippen molar-refractivity contribution < 1.29 is 9.53 Å². The first-order valence-electron chi connectivity index (χ1n) is 5.70. The molecular formula is C13H22O2. The molecule has 0 amide bonds. The summed E-state index contributed by atoms with van der Waals surface area (Å²) in [6.45, 7) is 9.90. The van der Waals surface area contributed by atoms with Gasteiger partial charge in [-0.15, -0.1) is 0 Å². The van der Waals surface area contributed by atoms with Crippen molar-refractivity contribution in [3.05, 3.63) is 11.6 Å². The number of ether oxygens (including phenoxy) is 1. The van der Waals surface area contributed by atoms with Gasteiger partial charge in [-0.25, -0.2) is 0 Å². The molecule has 1 aliphatic carbocycles. The molecule has 0 fully saturated rings. The van der Waals surface area contributed by atoms with Gasteiger partial charge in [0, 0.05) is 12.8 Å².